The van der Waals surface area contributed by atoms with Crippen LogP contribution < -0.4 is 11.1 Å². The minimum absolute atomic E-state index is 0.0395. The number of carbonyl (C=O) groups is 1. The monoisotopic (exact) mass is 334 g/mol. The summed E-state index contributed by atoms with van der Waals surface area (Å²) in [4.78, 5) is 12.2. The van der Waals surface area contributed by atoms with E-state index in [4.69, 9.17) is 10.5 Å². The SMILES string of the molecule is CCOC1CC(NC(=O)C(N)CCS(C)(=O)=O)C1(CC)CC. The molecule has 0 spiro atoms. The van der Waals surface area contributed by atoms with Gasteiger partial charge in [-0.05, 0) is 32.6 Å². The first kappa shape index (κ1) is 19.4. The first-order valence-electron chi connectivity index (χ1n) is 8.05. The Bertz CT molecular complexity index is 474. The molecule has 3 atom stereocenters. The van der Waals surface area contributed by atoms with Crippen LogP contribution in [0.5, 0.6) is 0 Å². The maximum Gasteiger partial charge on any atom is 0.237 e. The molecule has 1 amide bonds. The molecule has 0 aromatic rings. The Morgan fingerprint density at radius 1 is 1.36 bits per heavy atom. The third kappa shape index (κ3) is 4.43. The lowest BCUT2D eigenvalue weighted by atomic mass is 9.58. The highest BCUT2D eigenvalue weighted by Crippen LogP contribution is 2.48. The van der Waals surface area contributed by atoms with Crippen LogP contribution >= 0.6 is 0 Å². The number of ether oxygens (including phenoxy) is 1. The van der Waals surface area contributed by atoms with Gasteiger partial charge in [0.15, 0.2) is 0 Å². The number of rotatable bonds is 9. The van der Waals surface area contributed by atoms with Gasteiger partial charge >= 0.3 is 0 Å². The first-order valence-corrected chi connectivity index (χ1v) is 10.1. The number of hydrogen-bond acceptors (Lipinski definition) is 5. The molecule has 0 bridgehead atoms. The lowest BCUT2D eigenvalue weighted by molar-refractivity contribution is -0.149. The summed E-state index contributed by atoms with van der Waals surface area (Å²) in [6.45, 7) is 6.86. The molecule has 7 heteroatoms. The predicted molar refractivity (Wildman–Crippen MR) is 87.3 cm³/mol. The normalized spacial score (nSPS) is 25.3. The van der Waals surface area contributed by atoms with Crippen molar-refractivity contribution in [3.05, 3.63) is 0 Å². The Morgan fingerprint density at radius 2 is 1.95 bits per heavy atom. The largest absolute Gasteiger partial charge is 0.378 e. The van der Waals surface area contributed by atoms with Gasteiger partial charge in [0.05, 0.1) is 17.9 Å². The molecule has 0 radical (unpaired) electrons. The fourth-order valence-corrected chi connectivity index (χ4v) is 4.02. The van der Waals surface area contributed by atoms with E-state index in [1.165, 1.54) is 0 Å². The second-order valence-corrected chi connectivity index (χ2v) is 8.47. The number of hydrogen-bond donors (Lipinski definition) is 2. The maximum atomic E-state index is 12.2. The molecule has 0 aromatic heterocycles. The molecule has 0 saturated heterocycles. The zero-order valence-corrected chi connectivity index (χ0v) is 14.9. The van der Waals surface area contributed by atoms with Crippen LogP contribution in [0.1, 0.15) is 46.5 Å². The van der Waals surface area contributed by atoms with E-state index in [0.717, 1.165) is 25.5 Å². The van der Waals surface area contributed by atoms with Crippen LogP contribution in [0.2, 0.25) is 0 Å². The van der Waals surface area contributed by atoms with E-state index < -0.39 is 15.9 Å². The fraction of sp³-hybridized carbons (Fsp3) is 0.933. The second-order valence-electron chi connectivity index (χ2n) is 6.21. The molecule has 1 saturated carbocycles. The molecule has 1 aliphatic rings. The Morgan fingerprint density at radius 3 is 2.41 bits per heavy atom. The zero-order valence-electron chi connectivity index (χ0n) is 14.1. The van der Waals surface area contributed by atoms with Gasteiger partial charge in [0.2, 0.25) is 5.91 Å². The molecule has 3 unspecified atom stereocenters. The van der Waals surface area contributed by atoms with Gasteiger partial charge in [-0.25, -0.2) is 8.42 Å². The predicted octanol–water partition coefficient (Wildman–Crippen LogP) is 0.848. The highest BCUT2D eigenvalue weighted by molar-refractivity contribution is 7.90. The molecule has 130 valence electrons. The average molecular weight is 334 g/mol. The summed E-state index contributed by atoms with van der Waals surface area (Å²) in [7, 11) is -3.10. The number of nitrogens with one attached hydrogen (secondary N) is 1. The lowest BCUT2D eigenvalue weighted by Gasteiger charge is -2.55. The molecule has 1 aliphatic carbocycles. The van der Waals surface area contributed by atoms with Crippen molar-refractivity contribution in [2.24, 2.45) is 11.1 Å². The summed E-state index contributed by atoms with van der Waals surface area (Å²) in [6.07, 6.45) is 4.12. The van der Waals surface area contributed by atoms with E-state index in [-0.39, 0.29) is 35.6 Å². The number of amides is 1. The highest BCUT2D eigenvalue weighted by Gasteiger charge is 2.53. The van der Waals surface area contributed by atoms with Crippen LogP contribution in [0.25, 0.3) is 0 Å². The van der Waals surface area contributed by atoms with E-state index in [0.29, 0.717) is 6.61 Å². The number of sulfone groups is 1. The topological polar surface area (TPSA) is 98.5 Å². The summed E-state index contributed by atoms with van der Waals surface area (Å²) >= 11 is 0. The number of carbonyl (C=O) groups excluding carboxylic acids is 1. The second kappa shape index (κ2) is 7.75. The molecule has 1 fully saturated rings. The van der Waals surface area contributed by atoms with E-state index >= 15 is 0 Å². The third-order valence-corrected chi connectivity index (χ3v) is 5.90. The van der Waals surface area contributed by atoms with E-state index in [2.05, 4.69) is 19.2 Å². The smallest absolute Gasteiger partial charge is 0.237 e. The van der Waals surface area contributed by atoms with E-state index in [1.54, 1.807) is 0 Å². The van der Waals surface area contributed by atoms with Gasteiger partial charge in [-0.1, -0.05) is 13.8 Å². The maximum absolute atomic E-state index is 12.2. The van der Waals surface area contributed by atoms with Gasteiger partial charge < -0.3 is 15.8 Å². The van der Waals surface area contributed by atoms with Crippen molar-refractivity contribution in [1.29, 1.82) is 0 Å². The summed E-state index contributed by atoms with van der Waals surface area (Å²) in [6, 6.07) is -0.733. The Labute approximate surface area is 134 Å². The van der Waals surface area contributed by atoms with Gasteiger partial charge in [0, 0.05) is 24.3 Å². The van der Waals surface area contributed by atoms with Crippen molar-refractivity contribution in [2.75, 3.05) is 18.6 Å². The molecule has 1 rings (SSSR count). The quantitative estimate of drug-likeness (QED) is 0.651. The van der Waals surface area contributed by atoms with Gasteiger partial charge in [-0.15, -0.1) is 0 Å². The van der Waals surface area contributed by atoms with Crippen LogP contribution in [0.15, 0.2) is 0 Å². The molecule has 22 heavy (non-hydrogen) atoms. The average Bonchev–Trinajstić information content (AvgIpc) is 2.44. The van der Waals surface area contributed by atoms with Crippen molar-refractivity contribution in [3.8, 4) is 0 Å². The van der Waals surface area contributed by atoms with E-state index in [1.807, 2.05) is 6.92 Å². The van der Waals surface area contributed by atoms with E-state index in [9.17, 15) is 13.2 Å². The molecule has 0 aromatic carbocycles. The molecular weight excluding hydrogens is 304 g/mol. The van der Waals surface area contributed by atoms with Gasteiger partial charge in [-0.3, -0.25) is 4.79 Å². The Hall–Kier alpha value is -0.660. The van der Waals surface area contributed by atoms with Gasteiger partial charge in [0.25, 0.3) is 0 Å². The van der Waals surface area contributed by atoms with Crippen LogP contribution in [0, 0.1) is 5.41 Å². The van der Waals surface area contributed by atoms with Crippen LogP contribution in [0.3, 0.4) is 0 Å². The van der Waals surface area contributed by atoms with Crippen LogP contribution in [0.4, 0.5) is 0 Å². The molecule has 0 aliphatic heterocycles. The van der Waals surface area contributed by atoms with Crippen molar-refractivity contribution in [2.45, 2.75) is 64.6 Å². The van der Waals surface area contributed by atoms with Crippen molar-refractivity contribution >= 4 is 15.7 Å². The summed E-state index contributed by atoms with van der Waals surface area (Å²) in [5.74, 6) is -0.338. The van der Waals surface area contributed by atoms with Gasteiger partial charge in [-0.2, -0.15) is 0 Å². The Balaban J connectivity index is 2.60. The summed E-state index contributed by atoms with van der Waals surface area (Å²) in [5.41, 5.74) is 5.77. The minimum atomic E-state index is -3.10. The third-order valence-electron chi connectivity index (χ3n) is 4.92. The summed E-state index contributed by atoms with van der Waals surface area (Å²) in [5, 5.41) is 2.99. The molecule has 6 nitrogen and oxygen atoms in total. The Kier molecular flexibility index (Phi) is 6.83. The van der Waals surface area contributed by atoms with Crippen molar-refractivity contribution in [1.82, 2.24) is 5.32 Å². The standard InChI is InChI=1S/C15H30N2O4S/c1-5-15(6-2)12(10-13(15)21-7-3)17-14(18)11(16)8-9-22(4,19)20/h11-13H,5-10,16H2,1-4H3,(H,17,18). The molecular formula is C15H30N2O4S. The molecule has 0 heterocycles. The van der Waals surface area contributed by atoms with Crippen molar-refractivity contribution in [3.63, 3.8) is 0 Å². The lowest BCUT2D eigenvalue weighted by Crippen LogP contribution is -2.65. The first-order chi connectivity index (χ1) is 10.2. The van der Waals surface area contributed by atoms with Crippen LogP contribution in [-0.2, 0) is 19.4 Å². The van der Waals surface area contributed by atoms with Gasteiger partial charge in [0.1, 0.15) is 9.84 Å². The fourth-order valence-electron chi connectivity index (χ4n) is 3.33. The molecule has 3 N–H and O–H groups in total. The number of nitrogens with two attached hydrogens (primary N) is 1. The minimum Gasteiger partial charge on any atom is -0.378 e. The summed E-state index contributed by atoms with van der Waals surface area (Å²) < 4.78 is 28.1. The highest BCUT2D eigenvalue weighted by atomic mass is 32.2. The zero-order chi connectivity index (χ0) is 17.0. The van der Waals surface area contributed by atoms with Crippen molar-refractivity contribution < 1.29 is 17.9 Å². The van der Waals surface area contributed by atoms with Crippen LogP contribution in [-0.4, -0.2) is 51.1 Å².